The van der Waals surface area contributed by atoms with E-state index in [-0.39, 0.29) is 11.5 Å². The van der Waals surface area contributed by atoms with Crippen LogP contribution < -0.4 is 5.32 Å². The van der Waals surface area contributed by atoms with Gasteiger partial charge in [-0.3, -0.25) is 0 Å². The van der Waals surface area contributed by atoms with E-state index in [0.29, 0.717) is 6.04 Å². The number of hydrogen-bond acceptors (Lipinski definition) is 2. The molecule has 2 heteroatoms. The first-order valence-corrected chi connectivity index (χ1v) is 5.32. The van der Waals surface area contributed by atoms with Crippen LogP contribution in [0.15, 0.2) is 0 Å². The van der Waals surface area contributed by atoms with Gasteiger partial charge in [0.25, 0.3) is 0 Å². The van der Waals surface area contributed by atoms with Gasteiger partial charge in [-0.1, -0.05) is 20.8 Å². The summed E-state index contributed by atoms with van der Waals surface area (Å²) < 4.78 is 0. The van der Waals surface area contributed by atoms with Gasteiger partial charge in [0, 0.05) is 12.6 Å². The Morgan fingerprint density at radius 2 is 1.92 bits per heavy atom. The lowest BCUT2D eigenvalue weighted by molar-refractivity contribution is 0.0603. The van der Waals surface area contributed by atoms with Crippen LogP contribution >= 0.6 is 0 Å². The highest BCUT2D eigenvalue weighted by molar-refractivity contribution is 4.85. The number of aliphatic hydroxyl groups excluding tert-OH is 1. The van der Waals surface area contributed by atoms with E-state index in [2.05, 4.69) is 33.0 Å². The lowest BCUT2D eigenvalue weighted by Gasteiger charge is -2.27. The molecule has 1 saturated carbocycles. The van der Waals surface area contributed by atoms with Crippen LogP contribution in [0.1, 0.15) is 40.5 Å². The molecule has 1 fully saturated rings. The molecular weight excluding hydrogens is 162 g/mol. The average molecular weight is 185 g/mol. The minimum Gasteiger partial charge on any atom is -0.391 e. The highest BCUT2D eigenvalue weighted by atomic mass is 16.3. The molecule has 2 atom stereocenters. The Morgan fingerprint density at radius 3 is 2.31 bits per heavy atom. The first-order chi connectivity index (χ1) is 5.91. The van der Waals surface area contributed by atoms with E-state index in [9.17, 15) is 5.11 Å². The molecule has 0 aromatic carbocycles. The van der Waals surface area contributed by atoms with E-state index >= 15 is 0 Å². The Hall–Kier alpha value is -0.0800. The first kappa shape index (κ1) is 11.0. The summed E-state index contributed by atoms with van der Waals surface area (Å²) in [6.07, 6.45) is 2.48. The number of rotatable bonds is 4. The normalized spacial score (nSPS) is 22.8. The van der Waals surface area contributed by atoms with Gasteiger partial charge in [0.05, 0.1) is 6.10 Å². The van der Waals surface area contributed by atoms with Crippen molar-refractivity contribution in [2.24, 2.45) is 11.3 Å². The predicted molar refractivity (Wildman–Crippen MR) is 55.7 cm³/mol. The Kier molecular flexibility index (Phi) is 3.36. The molecule has 2 nitrogen and oxygen atoms in total. The van der Waals surface area contributed by atoms with Gasteiger partial charge >= 0.3 is 0 Å². The van der Waals surface area contributed by atoms with E-state index < -0.39 is 0 Å². The summed E-state index contributed by atoms with van der Waals surface area (Å²) in [7, 11) is 0. The Morgan fingerprint density at radius 1 is 1.38 bits per heavy atom. The maximum atomic E-state index is 9.77. The van der Waals surface area contributed by atoms with Gasteiger partial charge in [0.2, 0.25) is 0 Å². The topological polar surface area (TPSA) is 32.3 Å². The van der Waals surface area contributed by atoms with Gasteiger partial charge in [0.1, 0.15) is 0 Å². The van der Waals surface area contributed by atoms with Gasteiger partial charge < -0.3 is 10.4 Å². The molecule has 0 radical (unpaired) electrons. The predicted octanol–water partition coefficient (Wildman–Crippen LogP) is 1.78. The molecule has 2 N–H and O–H groups in total. The molecule has 13 heavy (non-hydrogen) atoms. The van der Waals surface area contributed by atoms with Gasteiger partial charge in [-0.25, -0.2) is 0 Å². The van der Waals surface area contributed by atoms with E-state index in [1.807, 2.05) is 0 Å². The Balaban J connectivity index is 2.17. The lowest BCUT2D eigenvalue weighted by Crippen LogP contribution is -2.40. The number of nitrogens with one attached hydrogen (secondary N) is 1. The summed E-state index contributed by atoms with van der Waals surface area (Å²) in [5.74, 6) is 0.868. The third-order valence-corrected chi connectivity index (χ3v) is 2.96. The summed E-state index contributed by atoms with van der Waals surface area (Å²) in [5.41, 5.74) is -0.00370. The van der Waals surface area contributed by atoms with Crippen molar-refractivity contribution in [3.05, 3.63) is 0 Å². The zero-order chi connectivity index (χ0) is 10.1. The molecule has 2 unspecified atom stereocenters. The van der Waals surface area contributed by atoms with Gasteiger partial charge in [-0.05, 0) is 31.1 Å². The summed E-state index contributed by atoms with van der Waals surface area (Å²) in [5, 5.41) is 13.2. The standard InChI is InChI=1S/C11H23NO/c1-8(9-5-6-9)12-7-10(13)11(2,3)4/h8-10,12-13H,5-7H2,1-4H3. The minimum absolute atomic E-state index is 0.00370. The maximum Gasteiger partial charge on any atom is 0.0712 e. The minimum atomic E-state index is -0.242. The molecule has 1 aliphatic rings. The summed E-state index contributed by atoms with van der Waals surface area (Å²) in [4.78, 5) is 0. The van der Waals surface area contributed by atoms with E-state index in [1.54, 1.807) is 0 Å². The van der Waals surface area contributed by atoms with Crippen LogP contribution in [0.5, 0.6) is 0 Å². The quantitative estimate of drug-likeness (QED) is 0.700. The molecule has 1 rings (SSSR count). The van der Waals surface area contributed by atoms with E-state index in [0.717, 1.165) is 12.5 Å². The number of aliphatic hydroxyl groups is 1. The fourth-order valence-electron chi connectivity index (χ4n) is 1.37. The zero-order valence-electron chi connectivity index (χ0n) is 9.30. The highest BCUT2D eigenvalue weighted by Crippen LogP contribution is 2.32. The number of hydrogen-bond donors (Lipinski definition) is 2. The summed E-state index contributed by atoms with van der Waals surface area (Å²) in [6.45, 7) is 9.15. The van der Waals surface area contributed by atoms with Crippen molar-refractivity contribution in [3.8, 4) is 0 Å². The zero-order valence-corrected chi connectivity index (χ0v) is 9.30. The van der Waals surface area contributed by atoms with Crippen molar-refractivity contribution in [2.45, 2.75) is 52.7 Å². The van der Waals surface area contributed by atoms with Crippen molar-refractivity contribution in [1.82, 2.24) is 5.32 Å². The van der Waals surface area contributed by atoms with Crippen molar-refractivity contribution in [3.63, 3.8) is 0 Å². The third kappa shape index (κ3) is 3.65. The fraction of sp³-hybridized carbons (Fsp3) is 1.00. The smallest absolute Gasteiger partial charge is 0.0712 e. The fourth-order valence-corrected chi connectivity index (χ4v) is 1.37. The molecule has 0 bridgehead atoms. The molecule has 0 saturated heterocycles. The Bertz CT molecular complexity index is 158. The molecule has 1 aliphatic carbocycles. The van der Waals surface area contributed by atoms with Crippen molar-refractivity contribution >= 4 is 0 Å². The second-order valence-electron chi connectivity index (χ2n) is 5.42. The van der Waals surface area contributed by atoms with Crippen molar-refractivity contribution in [2.75, 3.05) is 6.54 Å². The van der Waals surface area contributed by atoms with Crippen LogP contribution in [0.4, 0.5) is 0 Å². The third-order valence-electron chi connectivity index (χ3n) is 2.96. The highest BCUT2D eigenvalue weighted by Gasteiger charge is 2.29. The molecule has 0 heterocycles. The average Bonchev–Trinajstić information content (AvgIpc) is 2.79. The monoisotopic (exact) mass is 185 g/mol. The maximum absolute atomic E-state index is 9.77. The van der Waals surface area contributed by atoms with Crippen LogP contribution in [0.25, 0.3) is 0 Å². The molecule has 0 spiro atoms. The van der Waals surface area contributed by atoms with Gasteiger partial charge in [-0.2, -0.15) is 0 Å². The van der Waals surface area contributed by atoms with E-state index in [1.165, 1.54) is 12.8 Å². The van der Waals surface area contributed by atoms with Crippen molar-refractivity contribution < 1.29 is 5.11 Å². The van der Waals surface area contributed by atoms with E-state index in [4.69, 9.17) is 0 Å². The molecule has 0 aromatic rings. The van der Waals surface area contributed by atoms with Crippen LogP contribution in [0.3, 0.4) is 0 Å². The first-order valence-electron chi connectivity index (χ1n) is 5.32. The molecular formula is C11H23NO. The van der Waals surface area contributed by atoms with Gasteiger partial charge in [0.15, 0.2) is 0 Å². The molecule has 0 amide bonds. The van der Waals surface area contributed by atoms with Crippen LogP contribution in [-0.4, -0.2) is 23.8 Å². The lowest BCUT2D eigenvalue weighted by atomic mass is 9.89. The molecule has 0 aliphatic heterocycles. The second kappa shape index (κ2) is 3.97. The van der Waals surface area contributed by atoms with Crippen molar-refractivity contribution in [1.29, 1.82) is 0 Å². The Labute approximate surface area is 81.7 Å². The molecule has 0 aromatic heterocycles. The SMILES string of the molecule is CC(NCC(O)C(C)(C)C)C1CC1. The summed E-state index contributed by atoms with van der Waals surface area (Å²) >= 11 is 0. The summed E-state index contributed by atoms with van der Waals surface area (Å²) in [6, 6.07) is 0.581. The van der Waals surface area contributed by atoms with Crippen LogP contribution in [0.2, 0.25) is 0 Å². The second-order valence-corrected chi connectivity index (χ2v) is 5.42. The largest absolute Gasteiger partial charge is 0.391 e. The molecule has 78 valence electrons. The van der Waals surface area contributed by atoms with Gasteiger partial charge in [-0.15, -0.1) is 0 Å². The van der Waals surface area contributed by atoms with Crippen LogP contribution in [-0.2, 0) is 0 Å². The van der Waals surface area contributed by atoms with Crippen LogP contribution in [0, 0.1) is 11.3 Å².